The van der Waals surface area contributed by atoms with E-state index in [9.17, 15) is 14.4 Å². The fourth-order valence-corrected chi connectivity index (χ4v) is 5.68. The second kappa shape index (κ2) is 10.1. The van der Waals surface area contributed by atoms with Crippen LogP contribution in [0.5, 0.6) is 0 Å². The Morgan fingerprint density at radius 2 is 1.79 bits per heavy atom. The molecule has 0 radical (unpaired) electrons. The van der Waals surface area contributed by atoms with Crippen molar-refractivity contribution in [3.63, 3.8) is 0 Å². The van der Waals surface area contributed by atoms with Crippen molar-refractivity contribution in [3.05, 3.63) is 52.6 Å². The highest BCUT2D eigenvalue weighted by molar-refractivity contribution is 5.89. The average molecular weight is 523 g/mol. The first-order chi connectivity index (χ1) is 18.1. The molecule has 1 aromatic heterocycles. The average Bonchev–Trinajstić information content (AvgIpc) is 3.47. The summed E-state index contributed by atoms with van der Waals surface area (Å²) in [5, 5.41) is 2.69. The molecular weight excluding hydrogens is 484 g/mol. The summed E-state index contributed by atoms with van der Waals surface area (Å²) in [7, 11) is 0. The number of hydrogen-bond acceptors (Lipinski definition) is 7. The van der Waals surface area contributed by atoms with Gasteiger partial charge in [-0.05, 0) is 68.3 Å². The minimum atomic E-state index is -0.944. The molecule has 3 aliphatic rings. The largest absolute Gasteiger partial charge is 0.354 e. The normalized spacial score (nSPS) is 23.3. The summed E-state index contributed by atoms with van der Waals surface area (Å²) in [6.45, 7) is 8.99. The Morgan fingerprint density at radius 3 is 2.39 bits per heavy atom. The first kappa shape index (κ1) is 26.3. The van der Waals surface area contributed by atoms with Crippen LogP contribution in [0.4, 0.5) is 10.6 Å². The van der Waals surface area contributed by atoms with Gasteiger partial charge in [0.25, 0.3) is 0 Å². The van der Waals surface area contributed by atoms with E-state index in [1.165, 1.54) is 16.6 Å². The van der Waals surface area contributed by atoms with Crippen LogP contribution < -0.4 is 22.5 Å². The van der Waals surface area contributed by atoms with Crippen molar-refractivity contribution >= 4 is 17.8 Å². The number of fused-ring (bicyclic) bond motifs is 1. The van der Waals surface area contributed by atoms with Gasteiger partial charge in [0.15, 0.2) is 0 Å². The predicted octanol–water partition coefficient (Wildman–Crippen LogP) is 0.469. The molecule has 0 bridgehead atoms. The molecule has 1 aliphatic carbocycles. The smallest absolute Gasteiger partial charge is 0.338 e. The molecule has 2 aromatic rings. The van der Waals surface area contributed by atoms with Gasteiger partial charge in [-0.1, -0.05) is 12.1 Å². The number of piperidine rings is 1. The monoisotopic (exact) mass is 522 g/mol. The lowest BCUT2D eigenvalue weighted by Gasteiger charge is -2.37. The number of benzene rings is 1. The topological polar surface area (TPSA) is 143 Å². The van der Waals surface area contributed by atoms with Crippen LogP contribution in [0.1, 0.15) is 25.8 Å². The second-order valence-corrected chi connectivity index (χ2v) is 11.5. The van der Waals surface area contributed by atoms with Gasteiger partial charge in [-0.25, -0.2) is 9.59 Å². The maximum absolute atomic E-state index is 12.7. The first-order valence-electron chi connectivity index (χ1n) is 13.3. The lowest BCUT2D eigenvalue weighted by molar-refractivity contribution is -0.137. The molecule has 2 atom stereocenters. The third kappa shape index (κ3) is 5.45. The van der Waals surface area contributed by atoms with Crippen LogP contribution in [-0.2, 0) is 11.2 Å². The van der Waals surface area contributed by atoms with E-state index in [-0.39, 0.29) is 17.8 Å². The molecule has 204 valence electrons. The summed E-state index contributed by atoms with van der Waals surface area (Å²) < 4.78 is 1.46. The van der Waals surface area contributed by atoms with E-state index >= 15 is 0 Å². The number of nitrogens with one attached hydrogen (secondary N) is 1. The van der Waals surface area contributed by atoms with Crippen molar-refractivity contribution < 1.29 is 9.59 Å². The highest BCUT2D eigenvalue weighted by atomic mass is 16.2. The number of urea groups is 1. The minimum Gasteiger partial charge on any atom is -0.338 e. The molecule has 1 saturated carbocycles. The Bertz CT molecular complexity index is 1240. The van der Waals surface area contributed by atoms with E-state index in [0.29, 0.717) is 31.6 Å². The maximum atomic E-state index is 12.7. The number of amides is 3. The summed E-state index contributed by atoms with van der Waals surface area (Å²) in [5.74, 6) is 0.833. The minimum absolute atomic E-state index is 0.140. The summed E-state index contributed by atoms with van der Waals surface area (Å²) in [4.78, 5) is 47.6. The molecule has 2 aliphatic heterocycles. The zero-order valence-corrected chi connectivity index (χ0v) is 22.2. The van der Waals surface area contributed by atoms with E-state index in [4.69, 9.17) is 11.5 Å². The lowest BCUT2D eigenvalue weighted by Crippen LogP contribution is -2.58. The number of rotatable bonds is 7. The van der Waals surface area contributed by atoms with Crippen molar-refractivity contribution in [1.29, 1.82) is 0 Å². The first-order valence-corrected chi connectivity index (χ1v) is 13.3. The molecule has 2 unspecified atom stereocenters. The quantitative estimate of drug-likeness (QED) is 0.480. The van der Waals surface area contributed by atoms with E-state index in [1.54, 1.807) is 35.9 Å². The number of anilines is 1. The molecule has 5 rings (SSSR count). The van der Waals surface area contributed by atoms with Gasteiger partial charge in [0, 0.05) is 52.0 Å². The fraction of sp³-hybridized carbons (Fsp3) is 0.556. The number of carbonyl (C=O) groups excluding carboxylic acids is 2. The van der Waals surface area contributed by atoms with Crippen molar-refractivity contribution in [2.24, 2.45) is 22.8 Å². The molecule has 3 fully saturated rings. The summed E-state index contributed by atoms with van der Waals surface area (Å²) in [5.41, 5.74) is 12.8. The zero-order valence-electron chi connectivity index (χ0n) is 22.2. The standard InChI is InChI=1S/C27H38N8O3/c1-26(2,29)23(36)33-11-13-34(14-12-33)24(37)30-22-8-10-35(25(38)31-22)21-5-3-19(4-6-21)7-9-32-16-20-15-27(20,17-28)18-32/h3-6,8,10,20H,7,9,11-18,28-29H2,1-2H3,(H,30,31,37,38). The zero-order chi connectivity index (χ0) is 27.1. The molecule has 3 amide bonds. The van der Waals surface area contributed by atoms with Gasteiger partial charge in [0.05, 0.1) is 11.2 Å². The second-order valence-electron chi connectivity index (χ2n) is 11.5. The number of carbonyl (C=O) groups is 2. The molecular formula is C27H38N8O3. The Labute approximate surface area is 222 Å². The van der Waals surface area contributed by atoms with E-state index < -0.39 is 11.2 Å². The van der Waals surface area contributed by atoms with Gasteiger partial charge < -0.3 is 26.2 Å². The van der Waals surface area contributed by atoms with E-state index in [2.05, 4.69) is 15.2 Å². The van der Waals surface area contributed by atoms with Gasteiger partial charge in [-0.3, -0.25) is 14.7 Å². The fourth-order valence-electron chi connectivity index (χ4n) is 5.68. The Balaban J connectivity index is 1.13. The summed E-state index contributed by atoms with van der Waals surface area (Å²) >= 11 is 0. The molecule has 0 spiro atoms. The van der Waals surface area contributed by atoms with Crippen LogP contribution in [0.3, 0.4) is 0 Å². The van der Waals surface area contributed by atoms with Crippen molar-refractivity contribution in [2.75, 3.05) is 57.7 Å². The number of hydrogen-bond donors (Lipinski definition) is 3. The van der Waals surface area contributed by atoms with E-state index in [1.807, 2.05) is 24.3 Å². The van der Waals surface area contributed by atoms with Gasteiger partial charge in [0.2, 0.25) is 5.91 Å². The van der Waals surface area contributed by atoms with Gasteiger partial charge in [-0.15, -0.1) is 0 Å². The number of nitrogens with two attached hydrogens (primary N) is 2. The number of likely N-dealkylation sites (tertiary alicyclic amines) is 1. The molecule has 38 heavy (non-hydrogen) atoms. The van der Waals surface area contributed by atoms with Crippen molar-refractivity contribution in [1.82, 2.24) is 24.3 Å². The highest BCUT2D eigenvalue weighted by Gasteiger charge is 2.58. The Hall–Kier alpha value is -3.28. The Morgan fingerprint density at radius 1 is 1.11 bits per heavy atom. The van der Waals surface area contributed by atoms with Gasteiger partial charge in [-0.2, -0.15) is 4.98 Å². The SMILES string of the molecule is CC(C)(N)C(=O)N1CCN(C(=O)Nc2ccn(-c3ccc(CCN4CC5CC5(CN)C4)cc3)c(=O)n2)CC1. The third-order valence-electron chi connectivity index (χ3n) is 8.16. The third-order valence-corrected chi connectivity index (χ3v) is 8.16. The van der Waals surface area contributed by atoms with Crippen LogP contribution >= 0.6 is 0 Å². The van der Waals surface area contributed by atoms with Crippen LogP contribution in [0.2, 0.25) is 0 Å². The van der Waals surface area contributed by atoms with Crippen LogP contribution in [0.15, 0.2) is 41.3 Å². The molecule has 11 heteroatoms. The van der Waals surface area contributed by atoms with Crippen LogP contribution in [0, 0.1) is 11.3 Å². The number of nitrogens with zero attached hydrogens (tertiary/aromatic N) is 5. The Kier molecular flexibility index (Phi) is 7.01. The number of aromatic nitrogens is 2. The molecule has 11 nitrogen and oxygen atoms in total. The van der Waals surface area contributed by atoms with E-state index in [0.717, 1.165) is 44.2 Å². The van der Waals surface area contributed by atoms with Crippen LogP contribution in [0.25, 0.3) is 5.69 Å². The van der Waals surface area contributed by atoms with Crippen molar-refractivity contribution in [3.8, 4) is 5.69 Å². The van der Waals surface area contributed by atoms with Gasteiger partial charge in [0.1, 0.15) is 5.82 Å². The molecule has 5 N–H and O–H groups in total. The summed E-state index contributed by atoms with van der Waals surface area (Å²) in [6, 6.07) is 9.18. The maximum Gasteiger partial charge on any atom is 0.354 e. The van der Waals surface area contributed by atoms with Crippen molar-refractivity contribution in [2.45, 2.75) is 32.2 Å². The summed E-state index contributed by atoms with van der Waals surface area (Å²) in [6.07, 6.45) is 3.85. The predicted molar refractivity (Wildman–Crippen MR) is 145 cm³/mol. The number of piperazine rings is 1. The van der Waals surface area contributed by atoms with Gasteiger partial charge >= 0.3 is 11.7 Å². The lowest BCUT2D eigenvalue weighted by atomic mass is 10.1. The molecule has 3 heterocycles. The molecule has 2 saturated heterocycles. The van der Waals surface area contributed by atoms with Crippen LogP contribution in [-0.4, -0.2) is 94.1 Å². The highest BCUT2D eigenvalue weighted by Crippen LogP contribution is 2.56. The molecule has 1 aromatic carbocycles.